The summed E-state index contributed by atoms with van der Waals surface area (Å²) in [5.41, 5.74) is 5.57. The van der Waals surface area contributed by atoms with Crippen molar-refractivity contribution in [3.63, 3.8) is 0 Å². The number of nitrogens with two attached hydrogens (primary N) is 1. The summed E-state index contributed by atoms with van der Waals surface area (Å²) in [6.07, 6.45) is -2.20. The van der Waals surface area contributed by atoms with Crippen molar-refractivity contribution < 1.29 is 18.0 Å². The van der Waals surface area contributed by atoms with Gasteiger partial charge in [0.25, 0.3) is 0 Å². The van der Waals surface area contributed by atoms with Crippen molar-refractivity contribution in [3.8, 4) is 0 Å². The smallest absolute Gasteiger partial charge is 0.343 e. The molecule has 1 aliphatic rings. The van der Waals surface area contributed by atoms with Gasteiger partial charge in [0, 0.05) is 25.6 Å². The number of alkyl halides is 3. The molecule has 18 heavy (non-hydrogen) atoms. The van der Waals surface area contributed by atoms with Crippen LogP contribution in [0.3, 0.4) is 0 Å². The van der Waals surface area contributed by atoms with Crippen molar-refractivity contribution in [2.45, 2.75) is 51.2 Å². The van der Waals surface area contributed by atoms with E-state index in [1.807, 2.05) is 6.92 Å². The minimum atomic E-state index is -4.12. The van der Waals surface area contributed by atoms with Gasteiger partial charge in [-0.2, -0.15) is 13.2 Å². The second-order valence-electron chi connectivity index (χ2n) is 5.07. The molecule has 1 saturated heterocycles. The highest BCUT2D eigenvalue weighted by molar-refractivity contribution is 5.76. The van der Waals surface area contributed by atoms with E-state index in [2.05, 4.69) is 0 Å². The van der Waals surface area contributed by atoms with Gasteiger partial charge in [0.1, 0.15) is 0 Å². The van der Waals surface area contributed by atoms with E-state index in [0.717, 1.165) is 6.42 Å². The van der Waals surface area contributed by atoms with Crippen molar-refractivity contribution >= 4 is 5.91 Å². The van der Waals surface area contributed by atoms with Crippen LogP contribution in [0.1, 0.15) is 39.0 Å². The Morgan fingerprint density at radius 2 is 1.94 bits per heavy atom. The van der Waals surface area contributed by atoms with Gasteiger partial charge in [0.2, 0.25) is 5.91 Å². The van der Waals surface area contributed by atoms with E-state index in [9.17, 15) is 18.0 Å². The molecule has 1 aliphatic heterocycles. The highest BCUT2D eigenvalue weighted by atomic mass is 19.4. The predicted octanol–water partition coefficient (Wildman–Crippen LogP) is 2.30. The zero-order valence-electron chi connectivity index (χ0n) is 10.7. The minimum Gasteiger partial charge on any atom is -0.343 e. The van der Waals surface area contributed by atoms with Crippen LogP contribution in [-0.4, -0.2) is 36.1 Å². The molecule has 1 unspecified atom stereocenters. The average Bonchev–Trinajstić information content (AvgIpc) is 2.27. The van der Waals surface area contributed by atoms with Crippen molar-refractivity contribution in [1.29, 1.82) is 0 Å². The second-order valence-corrected chi connectivity index (χ2v) is 5.07. The lowest BCUT2D eigenvalue weighted by molar-refractivity contribution is -0.186. The van der Waals surface area contributed by atoms with Crippen LogP contribution in [0.5, 0.6) is 0 Å². The summed E-state index contributed by atoms with van der Waals surface area (Å²) in [6.45, 7) is 2.32. The molecule has 3 nitrogen and oxygen atoms in total. The molecule has 0 radical (unpaired) electrons. The molecule has 106 valence electrons. The van der Waals surface area contributed by atoms with E-state index in [-0.39, 0.29) is 37.9 Å². The third-order valence-electron chi connectivity index (χ3n) is 3.36. The fourth-order valence-electron chi connectivity index (χ4n) is 2.19. The summed E-state index contributed by atoms with van der Waals surface area (Å²) in [6, 6.07) is 0.0637. The van der Waals surface area contributed by atoms with E-state index < -0.39 is 12.1 Å². The van der Waals surface area contributed by atoms with Gasteiger partial charge in [-0.25, -0.2) is 0 Å². The molecular formula is C12H21F3N2O. The highest BCUT2D eigenvalue weighted by Crippen LogP contribution is 2.34. The first-order chi connectivity index (χ1) is 8.30. The first kappa shape index (κ1) is 15.3. The number of halogens is 3. The molecular weight excluding hydrogens is 245 g/mol. The van der Waals surface area contributed by atoms with Crippen molar-refractivity contribution in [1.82, 2.24) is 4.90 Å². The molecule has 1 fully saturated rings. The Hall–Kier alpha value is -0.780. The van der Waals surface area contributed by atoms with E-state index >= 15 is 0 Å². The standard InChI is InChI=1S/C12H21F3N2O/c1-9(16)3-2-4-11(18)17-7-5-10(6-8-17)12(13,14)15/h9-10H,2-8,16H2,1H3. The Morgan fingerprint density at radius 1 is 1.39 bits per heavy atom. The zero-order chi connectivity index (χ0) is 13.8. The number of rotatable bonds is 4. The van der Waals surface area contributed by atoms with Gasteiger partial charge < -0.3 is 10.6 Å². The Labute approximate surface area is 106 Å². The first-order valence-electron chi connectivity index (χ1n) is 6.40. The summed E-state index contributed by atoms with van der Waals surface area (Å²) in [5.74, 6) is -1.29. The van der Waals surface area contributed by atoms with Crippen molar-refractivity contribution in [3.05, 3.63) is 0 Å². The number of hydrogen-bond acceptors (Lipinski definition) is 2. The van der Waals surface area contributed by atoms with Gasteiger partial charge in [0.05, 0.1) is 5.92 Å². The fraction of sp³-hybridized carbons (Fsp3) is 0.917. The molecule has 0 aromatic heterocycles. The molecule has 0 aromatic rings. The molecule has 1 rings (SSSR count). The molecule has 0 aliphatic carbocycles. The first-order valence-corrected chi connectivity index (χ1v) is 6.40. The number of piperidine rings is 1. The van der Waals surface area contributed by atoms with Gasteiger partial charge in [-0.3, -0.25) is 4.79 Å². The molecule has 6 heteroatoms. The van der Waals surface area contributed by atoms with Crippen LogP contribution in [0.4, 0.5) is 13.2 Å². The third kappa shape index (κ3) is 4.84. The number of carbonyl (C=O) groups is 1. The van der Waals surface area contributed by atoms with Crippen LogP contribution in [0.25, 0.3) is 0 Å². The van der Waals surface area contributed by atoms with E-state index in [4.69, 9.17) is 5.73 Å². The lowest BCUT2D eigenvalue weighted by Gasteiger charge is -2.33. The summed E-state index contributed by atoms with van der Waals surface area (Å²) in [4.78, 5) is 13.3. The molecule has 0 spiro atoms. The molecule has 0 bridgehead atoms. The number of amides is 1. The topological polar surface area (TPSA) is 46.3 Å². The van der Waals surface area contributed by atoms with Crippen LogP contribution in [0.2, 0.25) is 0 Å². The maximum absolute atomic E-state index is 12.4. The summed E-state index contributed by atoms with van der Waals surface area (Å²) >= 11 is 0. The minimum absolute atomic E-state index is 0.0303. The van der Waals surface area contributed by atoms with Crippen LogP contribution in [0.15, 0.2) is 0 Å². The lowest BCUT2D eigenvalue weighted by atomic mass is 9.96. The highest BCUT2D eigenvalue weighted by Gasteiger charge is 2.41. The maximum atomic E-state index is 12.4. The Balaban J connectivity index is 2.28. The van der Waals surface area contributed by atoms with Gasteiger partial charge in [-0.1, -0.05) is 0 Å². The number of hydrogen-bond donors (Lipinski definition) is 1. The largest absolute Gasteiger partial charge is 0.391 e. The Morgan fingerprint density at radius 3 is 2.39 bits per heavy atom. The van der Waals surface area contributed by atoms with Crippen LogP contribution in [0, 0.1) is 5.92 Å². The quantitative estimate of drug-likeness (QED) is 0.848. The van der Waals surface area contributed by atoms with Crippen LogP contribution in [-0.2, 0) is 4.79 Å². The third-order valence-corrected chi connectivity index (χ3v) is 3.36. The van der Waals surface area contributed by atoms with Gasteiger partial charge >= 0.3 is 6.18 Å². The molecule has 0 saturated carbocycles. The molecule has 1 atom stereocenters. The molecule has 2 N–H and O–H groups in total. The van der Waals surface area contributed by atoms with E-state index in [0.29, 0.717) is 12.8 Å². The maximum Gasteiger partial charge on any atom is 0.391 e. The van der Waals surface area contributed by atoms with E-state index in [1.165, 1.54) is 0 Å². The molecule has 1 heterocycles. The zero-order valence-corrected chi connectivity index (χ0v) is 10.7. The molecule has 0 aromatic carbocycles. The van der Waals surface area contributed by atoms with Gasteiger partial charge in [-0.15, -0.1) is 0 Å². The fourth-order valence-corrected chi connectivity index (χ4v) is 2.19. The van der Waals surface area contributed by atoms with Gasteiger partial charge in [0.15, 0.2) is 0 Å². The van der Waals surface area contributed by atoms with Crippen LogP contribution >= 0.6 is 0 Å². The SMILES string of the molecule is CC(N)CCCC(=O)N1CCC(C(F)(F)F)CC1. The van der Waals surface area contributed by atoms with Gasteiger partial charge in [-0.05, 0) is 32.6 Å². The number of likely N-dealkylation sites (tertiary alicyclic amines) is 1. The number of carbonyl (C=O) groups excluding carboxylic acids is 1. The summed E-state index contributed by atoms with van der Waals surface area (Å²) in [5, 5.41) is 0. The Kier molecular flexibility index (Phi) is 5.44. The van der Waals surface area contributed by atoms with Crippen LogP contribution < -0.4 is 5.73 Å². The van der Waals surface area contributed by atoms with Crippen molar-refractivity contribution in [2.75, 3.05) is 13.1 Å². The van der Waals surface area contributed by atoms with Crippen molar-refractivity contribution in [2.24, 2.45) is 11.7 Å². The molecule has 1 amide bonds. The monoisotopic (exact) mass is 266 g/mol. The summed E-state index contributed by atoms with van der Waals surface area (Å²) in [7, 11) is 0. The Bertz CT molecular complexity index is 271. The van der Waals surface area contributed by atoms with E-state index in [1.54, 1.807) is 4.90 Å². The normalized spacial score (nSPS) is 19.9. The second kappa shape index (κ2) is 6.41. The summed E-state index contributed by atoms with van der Waals surface area (Å²) < 4.78 is 37.3. The lowest BCUT2D eigenvalue weighted by Crippen LogP contribution is -2.42. The average molecular weight is 266 g/mol. The number of nitrogens with zero attached hydrogens (tertiary/aromatic N) is 1. The predicted molar refractivity (Wildman–Crippen MR) is 62.9 cm³/mol.